The van der Waals surface area contributed by atoms with Gasteiger partial charge in [-0.2, -0.15) is 0 Å². The molecule has 0 spiro atoms. The van der Waals surface area contributed by atoms with Gasteiger partial charge in [0.25, 0.3) is 11.4 Å². The van der Waals surface area contributed by atoms with E-state index in [1.54, 1.807) is 26.0 Å². The Morgan fingerprint density at radius 1 is 0.810 bits per heavy atom. The van der Waals surface area contributed by atoms with Crippen LogP contribution in [0.2, 0.25) is 0 Å². The lowest BCUT2D eigenvalue weighted by molar-refractivity contribution is -0.385. The fourth-order valence-electron chi connectivity index (χ4n) is 1.93. The first-order valence-electron chi connectivity index (χ1n) is 6.06. The van der Waals surface area contributed by atoms with Gasteiger partial charge in [0.1, 0.15) is 11.5 Å². The first-order valence-corrected chi connectivity index (χ1v) is 6.06. The number of hydrogen-bond donors (Lipinski definition) is 0. The molecule has 0 bridgehead atoms. The average Bonchev–Trinajstić information content (AvgIpc) is 2.37. The van der Waals surface area contributed by atoms with Gasteiger partial charge in [-0.1, -0.05) is 0 Å². The smallest absolute Gasteiger partial charge is 0.272 e. The van der Waals surface area contributed by atoms with Crippen molar-refractivity contribution in [2.45, 2.75) is 13.8 Å². The highest BCUT2D eigenvalue weighted by molar-refractivity contribution is 5.48. The molecule has 21 heavy (non-hydrogen) atoms. The van der Waals surface area contributed by atoms with Crippen LogP contribution in [0.15, 0.2) is 36.4 Å². The van der Waals surface area contributed by atoms with Gasteiger partial charge in [-0.05, 0) is 38.1 Å². The standard InChI is InChI=1S/C14H12N2O5/c1-9-7-11(3-5-13(9)15(17)18)21-12-4-6-14(16(19)20)10(2)8-12/h3-8H,1-2H3. The molecule has 0 aliphatic heterocycles. The molecule has 0 unspecified atom stereocenters. The van der Waals surface area contributed by atoms with Crippen LogP contribution in [0.5, 0.6) is 11.5 Å². The Labute approximate surface area is 120 Å². The first-order chi connectivity index (χ1) is 9.88. The SMILES string of the molecule is Cc1cc(Oc2ccc([N+](=O)[O-])c(C)c2)ccc1[N+](=O)[O-]. The fraction of sp³-hybridized carbons (Fsp3) is 0.143. The largest absolute Gasteiger partial charge is 0.457 e. The lowest BCUT2D eigenvalue weighted by Crippen LogP contribution is -1.94. The Kier molecular flexibility index (Phi) is 3.84. The number of nitrogens with zero attached hydrogens (tertiary/aromatic N) is 2. The number of nitro benzene ring substituents is 2. The molecule has 2 rings (SSSR count). The van der Waals surface area contributed by atoms with Crippen LogP contribution in [0.3, 0.4) is 0 Å². The average molecular weight is 288 g/mol. The van der Waals surface area contributed by atoms with E-state index in [0.717, 1.165) is 0 Å². The lowest BCUT2D eigenvalue weighted by atomic mass is 10.2. The van der Waals surface area contributed by atoms with Gasteiger partial charge in [0.15, 0.2) is 0 Å². The van der Waals surface area contributed by atoms with E-state index in [2.05, 4.69) is 0 Å². The summed E-state index contributed by atoms with van der Waals surface area (Å²) in [4.78, 5) is 20.6. The van der Waals surface area contributed by atoms with Crippen molar-refractivity contribution in [3.63, 3.8) is 0 Å². The van der Waals surface area contributed by atoms with Gasteiger partial charge in [-0.25, -0.2) is 0 Å². The number of benzene rings is 2. The normalized spacial score (nSPS) is 10.2. The van der Waals surface area contributed by atoms with Gasteiger partial charge in [0.2, 0.25) is 0 Å². The van der Waals surface area contributed by atoms with Crippen molar-refractivity contribution >= 4 is 11.4 Å². The van der Waals surface area contributed by atoms with Crippen LogP contribution in [0.25, 0.3) is 0 Å². The summed E-state index contributed by atoms with van der Waals surface area (Å²) in [5.41, 5.74) is 0.997. The summed E-state index contributed by atoms with van der Waals surface area (Å²) in [7, 11) is 0. The lowest BCUT2D eigenvalue weighted by Gasteiger charge is -2.07. The molecule has 2 aromatic carbocycles. The van der Waals surface area contributed by atoms with Gasteiger partial charge in [-0.15, -0.1) is 0 Å². The van der Waals surface area contributed by atoms with E-state index in [9.17, 15) is 20.2 Å². The molecule has 0 aromatic heterocycles. The van der Waals surface area contributed by atoms with Crippen LogP contribution in [-0.4, -0.2) is 9.85 Å². The van der Waals surface area contributed by atoms with Crippen molar-refractivity contribution in [1.29, 1.82) is 0 Å². The highest BCUT2D eigenvalue weighted by Gasteiger charge is 2.13. The van der Waals surface area contributed by atoms with E-state index in [-0.39, 0.29) is 11.4 Å². The van der Waals surface area contributed by atoms with Crippen LogP contribution < -0.4 is 4.74 Å². The topological polar surface area (TPSA) is 95.5 Å². The fourth-order valence-corrected chi connectivity index (χ4v) is 1.93. The number of nitro groups is 2. The van der Waals surface area contributed by atoms with Gasteiger partial charge >= 0.3 is 0 Å². The monoisotopic (exact) mass is 288 g/mol. The van der Waals surface area contributed by atoms with E-state index >= 15 is 0 Å². The predicted molar refractivity (Wildman–Crippen MR) is 75.7 cm³/mol. The Morgan fingerprint density at radius 2 is 1.19 bits per heavy atom. The van der Waals surface area contributed by atoms with Gasteiger partial charge in [-0.3, -0.25) is 20.2 Å². The summed E-state index contributed by atoms with van der Waals surface area (Å²) >= 11 is 0. The number of hydrogen-bond acceptors (Lipinski definition) is 5. The summed E-state index contributed by atoms with van der Waals surface area (Å²) in [5, 5.41) is 21.5. The molecule has 0 aliphatic carbocycles. The molecule has 0 N–H and O–H groups in total. The molecule has 0 atom stereocenters. The van der Waals surface area contributed by atoms with Crippen molar-refractivity contribution in [2.24, 2.45) is 0 Å². The Bertz CT molecular complexity index is 666. The summed E-state index contributed by atoms with van der Waals surface area (Å²) in [6.45, 7) is 3.23. The van der Waals surface area contributed by atoms with Crippen LogP contribution in [0, 0.1) is 34.1 Å². The van der Waals surface area contributed by atoms with Crippen LogP contribution in [-0.2, 0) is 0 Å². The van der Waals surface area contributed by atoms with Crippen molar-refractivity contribution in [1.82, 2.24) is 0 Å². The second kappa shape index (κ2) is 5.58. The molecule has 0 radical (unpaired) electrons. The van der Waals surface area contributed by atoms with E-state index in [4.69, 9.17) is 4.74 Å². The van der Waals surface area contributed by atoms with E-state index < -0.39 is 9.85 Å². The minimum absolute atomic E-state index is 0.0160. The summed E-state index contributed by atoms with van der Waals surface area (Å²) in [5.74, 6) is 0.873. The third-order valence-electron chi connectivity index (χ3n) is 2.97. The minimum atomic E-state index is -0.463. The highest BCUT2D eigenvalue weighted by atomic mass is 16.6. The zero-order chi connectivity index (χ0) is 15.6. The van der Waals surface area contributed by atoms with E-state index in [1.807, 2.05) is 0 Å². The van der Waals surface area contributed by atoms with Crippen LogP contribution in [0.4, 0.5) is 11.4 Å². The van der Waals surface area contributed by atoms with Gasteiger partial charge in [0, 0.05) is 23.3 Å². The highest BCUT2D eigenvalue weighted by Crippen LogP contribution is 2.29. The molecule has 2 aromatic rings. The molecule has 0 amide bonds. The molecular weight excluding hydrogens is 276 g/mol. The first kappa shape index (κ1) is 14.4. The van der Waals surface area contributed by atoms with Gasteiger partial charge < -0.3 is 4.74 Å². The van der Waals surface area contributed by atoms with Crippen LogP contribution in [0.1, 0.15) is 11.1 Å². The van der Waals surface area contributed by atoms with Crippen molar-refractivity contribution < 1.29 is 14.6 Å². The molecule has 7 heteroatoms. The van der Waals surface area contributed by atoms with Crippen molar-refractivity contribution in [3.05, 3.63) is 67.8 Å². The third-order valence-corrected chi connectivity index (χ3v) is 2.97. The summed E-state index contributed by atoms with van der Waals surface area (Å²) in [6.07, 6.45) is 0. The second-order valence-electron chi connectivity index (χ2n) is 4.51. The van der Waals surface area contributed by atoms with Crippen molar-refractivity contribution in [2.75, 3.05) is 0 Å². The van der Waals surface area contributed by atoms with Crippen molar-refractivity contribution in [3.8, 4) is 11.5 Å². The maximum absolute atomic E-state index is 10.7. The molecule has 0 aliphatic rings. The van der Waals surface area contributed by atoms with Crippen LogP contribution >= 0.6 is 0 Å². The Hall–Kier alpha value is -2.96. The molecule has 0 saturated heterocycles. The molecule has 7 nitrogen and oxygen atoms in total. The Balaban J connectivity index is 2.26. The third kappa shape index (κ3) is 3.14. The molecule has 0 saturated carbocycles. The zero-order valence-corrected chi connectivity index (χ0v) is 11.4. The minimum Gasteiger partial charge on any atom is -0.457 e. The summed E-state index contributed by atoms with van der Waals surface area (Å²) in [6, 6.07) is 8.80. The zero-order valence-electron chi connectivity index (χ0n) is 11.4. The number of rotatable bonds is 4. The molecule has 108 valence electrons. The molecular formula is C14H12N2O5. The summed E-state index contributed by atoms with van der Waals surface area (Å²) < 4.78 is 5.56. The molecule has 0 fully saturated rings. The Morgan fingerprint density at radius 3 is 1.48 bits per heavy atom. The van der Waals surface area contributed by atoms with E-state index in [1.165, 1.54) is 24.3 Å². The molecule has 0 heterocycles. The quantitative estimate of drug-likeness (QED) is 0.627. The van der Waals surface area contributed by atoms with Gasteiger partial charge in [0.05, 0.1) is 9.85 Å². The van der Waals surface area contributed by atoms with E-state index in [0.29, 0.717) is 22.6 Å². The number of ether oxygens (including phenoxy) is 1. The maximum atomic E-state index is 10.7. The second-order valence-corrected chi connectivity index (χ2v) is 4.51. The maximum Gasteiger partial charge on any atom is 0.272 e. The predicted octanol–water partition coefficient (Wildman–Crippen LogP) is 3.91. The number of aryl methyl sites for hydroxylation is 2.